The van der Waals surface area contributed by atoms with E-state index in [1.807, 2.05) is 0 Å². The van der Waals surface area contributed by atoms with Crippen LogP contribution in [0.25, 0.3) is 0 Å². The molecule has 18 heavy (non-hydrogen) atoms. The van der Waals surface area contributed by atoms with Gasteiger partial charge in [-0.15, -0.1) is 0 Å². The van der Waals surface area contributed by atoms with Crippen LogP contribution in [-0.2, 0) is 9.47 Å². The molecule has 0 spiro atoms. The first kappa shape index (κ1) is 17.8. The van der Waals surface area contributed by atoms with E-state index in [0.717, 1.165) is 19.6 Å². The molecule has 0 rings (SSSR count). The van der Waals surface area contributed by atoms with Gasteiger partial charge in [0.05, 0.1) is 19.3 Å². The number of aliphatic hydroxyl groups is 1. The van der Waals surface area contributed by atoms with Gasteiger partial charge in [0, 0.05) is 40.4 Å². The molecule has 0 amide bonds. The van der Waals surface area contributed by atoms with Crippen molar-refractivity contribution in [3.63, 3.8) is 0 Å². The Morgan fingerprint density at radius 3 is 2.06 bits per heavy atom. The lowest BCUT2D eigenvalue weighted by molar-refractivity contribution is 0.0695. The molecule has 0 aromatic carbocycles. The second-order valence-electron chi connectivity index (χ2n) is 4.99. The molecule has 2 N–H and O–H groups in total. The molecule has 110 valence electrons. The Morgan fingerprint density at radius 1 is 1.06 bits per heavy atom. The van der Waals surface area contributed by atoms with Gasteiger partial charge in [-0.3, -0.25) is 4.90 Å². The third-order valence-electron chi connectivity index (χ3n) is 2.62. The van der Waals surface area contributed by atoms with Crippen LogP contribution in [-0.4, -0.2) is 76.3 Å². The first-order valence-corrected chi connectivity index (χ1v) is 6.69. The average molecular weight is 262 g/mol. The van der Waals surface area contributed by atoms with Gasteiger partial charge in [-0.1, -0.05) is 13.8 Å². The van der Waals surface area contributed by atoms with Crippen molar-refractivity contribution in [2.75, 3.05) is 60.2 Å². The van der Waals surface area contributed by atoms with Crippen LogP contribution >= 0.6 is 0 Å². The second kappa shape index (κ2) is 11.9. The van der Waals surface area contributed by atoms with Crippen molar-refractivity contribution in [3.8, 4) is 0 Å². The number of ether oxygens (including phenoxy) is 2. The van der Waals surface area contributed by atoms with Crippen LogP contribution in [0, 0.1) is 5.92 Å². The van der Waals surface area contributed by atoms with Gasteiger partial charge in [-0.2, -0.15) is 0 Å². The van der Waals surface area contributed by atoms with E-state index in [9.17, 15) is 5.11 Å². The van der Waals surface area contributed by atoms with Crippen LogP contribution in [0.1, 0.15) is 13.8 Å². The minimum atomic E-state index is -0.350. The average Bonchev–Trinajstić information content (AvgIpc) is 2.32. The standard InChI is InChI=1S/C13H30N2O3/c1-12(2)9-14-10-13(16)11-15(5-7-17-3)6-8-18-4/h12-14,16H,5-11H2,1-4H3. The molecule has 0 fully saturated rings. The van der Waals surface area contributed by atoms with Gasteiger partial charge < -0.3 is 19.9 Å². The smallest absolute Gasteiger partial charge is 0.0791 e. The molecule has 0 aromatic heterocycles. The third kappa shape index (κ3) is 10.9. The molecule has 0 aromatic rings. The number of rotatable bonds is 12. The Bertz CT molecular complexity index is 172. The van der Waals surface area contributed by atoms with E-state index >= 15 is 0 Å². The molecule has 5 nitrogen and oxygen atoms in total. The first-order valence-electron chi connectivity index (χ1n) is 6.69. The summed E-state index contributed by atoms with van der Waals surface area (Å²) in [7, 11) is 3.38. The fourth-order valence-corrected chi connectivity index (χ4v) is 1.64. The number of aliphatic hydroxyl groups excluding tert-OH is 1. The van der Waals surface area contributed by atoms with Crippen LogP contribution in [0.5, 0.6) is 0 Å². The van der Waals surface area contributed by atoms with Crippen molar-refractivity contribution in [3.05, 3.63) is 0 Å². The fraction of sp³-hybridized carbons (Fsp3) is 1.00. The third-order valence-corrected chi connectivity index (χ3v) is 2.62. The SMILES string of the molecule is COCCN(CCOC)CC(O)CNCC(C)C. The molecule has 1 unspecified atom stereocenters. The van der Waals surface area contributed by atoms with Crippen LogP contribution in [0.2, 0.25) is 0 Å². The molecule has 0 radical (unpaired) electrons. The highest BCUT2D eigenvalue weighted by Gasteiger charge is 2.11. The Labute approximate surface area is 111 Å². The maximum absolute atomic E-state index is 9.95. The fourth-order valence-electron chi connectivity index (χ4n) is 1.64. The van der Waals surface area contributed by atoms with Gasteiger partial charge in [-0.05, 0) is 12.5 Å². The van der Waals surface area contributed by atoms with Gasteiger partial charge >= 0.3 is 0 Å². The van der Waals surface area contributed by atoms with Crippen LogP contribution in [0.3, 0.4) is 0 Å². The summed E-state index contributed by atoms with van der Waals surface area (Å²) in [5, 5.41) is 13.2. The molecule has 1 atom stereocenters. The first-order chi connectivity index (χ1) is 8.60. The zero-order valence-electron chi connectivity index (χ0n) is 12.3. The van der Waals surface area contributed by atoms with E-state index in [2.05, 4.69) is 24.1 Å². The molecule has 0 saturated heterocycles. The molecule has 0 bridgehead atoms. The van der Waals surface area contributed by atoms with Gasteiger partial charge in [-0.25, -0.2) is 0 Å². The number of nitrogens with one attached hydrogen (secondary N) is 1. The summed E-state index contributed by atoms with van der Waals surface area (Å²) in [5.74, 6) is 0.607. The summed E-state index contributed by atoms with van der Waals surface area (Å²) in [4.78, 5) is 2.16. The summed E-state index contributed by atoms with van der Waals surface area (Å²) in [6.07, 6.45) is -0.350. The van der Waals surface area contributed by atoms with Crippen LogP contribution in [0.15, 0.2) is 0 Å². The number of hydrogen-bond donors (Lipinski definition) is 2. The van der Waals surface area contributed by atoms with Crippen molar-refractivity contribution in [1.29, 1.82) is 0 Å². The largest absolute Gasteiger partial charge is 0.390 e. The highest BCUT2D eigenvalue weighted by Crippen LogP contribution is 1.94. The maximum Gasteiger partial charge on any atom is 0.0791 e. The highest BCUT2D eigenvalue weighted by molar-refractivity contribution is 4.67. The molecular formula is C13H30N2O3. The van der Waals surface area contributed by atoms with E-state index in [4.69, 9.17) is 9.47 Å². The lowest BCUT2D eigenvalue weighted by Gasteiger charge is -2.24. The molecular weight excluding hydrogens is 232 g/mol. The minimum Gasteiger partial charge on any atom is -0.390 e. The second-order valence-corrected chi connectivity index (χ2v) is 4.99. The van der Waals surface area contributed by atoms with Crippen molar-refractivity contribution in [1.82, 2.24) is 10.2 Å². The normalized spacial score (nSPS) is 13.5. The zero-order valence-corrected chi connectivity index (χ0v) is 12.3. The quantitative estimate of drug-likeness (QED) is 0.526. The molecule has 5 heteroatoms. The van der Waals surface area contributed by atoms with E-state index in [0.29, 0.717) is 32.2 Å². The van der Waals surface area contributed by atoms with E-state index in [1.54, 1.807) is 14.2 Å². The number of hydrogen-bond acceptors (Lipinski definition) is 5. The Hall–Kier alpha value is -0.200. The van der Waals surface area contributed by atoms with Gasteiger partial charge in [0.2, 0.25) is 0 Å². The Balaban J connectivity index is 3.81. The maximum atomic E-state index is 9.95. The van der Waals surface area contributed by atoms with E-state index in [-0.39, 0.29) is 6.10 Å². The van der Waals surface area contributed by atoms with Crippen molar-refractivity contribution >= 4 is 0 Å². The van der Waals surface area contributed by atoms with Crippen LogP contribution in [0.4, 0.5) is 0 Å². The van der Waals surface area contributed by atoms with Crippen molar-refractivity contribution in [2.45, 2.75) is 20.0 Å². The monoisotopic (exact) mass is 262 g/mol. The number of nitrogens with zero attached hydrogens (tertiary/aromatic N) is 1. The topological polar surface area (TPSA) is 54.0 Å². The van der Waals surface area contributed by atoms with E-state index < -0.39 is 0 Å². The predicted molar refractivity (Wildman–Crippen MR) is 73.9 cm³/mol. The summed E-state index contributed by atoms with van der Waals surface area (Å²) in [6, 6.07) is 0. The van der Waals surface area contributed by atoms with Crippen LogP contribution < -0.4 is 5.32 Å². The summed E-state index contributed by atoms with van der Waals surface area (Å²) in [5.41, 5.74) is 0. The highest BCUT2D eigenvalue weighted by atomic mass is 16.5. The Morgan fingerprint density at radius 2 is 1.61 bits per heavy atom. The summed E-state index contributed by atoms with van der Waals surface area (Å²) < 4.78 is 10.1. The Kier molecular flexibility index (Phi) is 11.7. The summed E-state index contributed by atoms with van der Waals surface area (Å²) >= 11 is 0. The molecule has 0 heterocycles. The number of methoxy groups -OCH3 is 2. The molecule has 0 aliphatic rings. The van der Waals surface area contributed by atoms with E-state index in [1.165, 1.54) is 0 Å². The minimum absolute atomic E-state index is 0.350. The summed E-state index contributed by atoms with van der Waals surface area (Å²) in [6.45, 7) is 9.53. The van der Waals surface area contributed by atoms with Gasteiger partial charge in [0.15, 0.2) is 0 Å². The lowest BCUT2D eigenvalue weighted by atomic mass is 10.2. The van der Waals surface area contributed by atoms with Gasteiger partial charge in [0.25, 0.3) is 0 Å². The molecule has 0 aliphatic heterocycles. The lowest BCUT2D eigenvalue weighted by Crippen LogP contribution is -2.41. The zero-order chi connectivity index (χ0) is 13.8. The molecule has 0 saturated carbocycles. The van der Waals surface area contributed by atoms with Crippen molar-refractivity contribution < 1.29 is 14.6 Å². The predicted octanol–water partition coefficient (Wildman–Crippen LogP) is 0.188. The van der Waals surface area contributed by atoms with Gasteiger partial charge in [0.1, 0.15) is 0 Å². The molecule has 0 aliphatic carbocycles. The van der Waals surface area contributed by atoms with Crippen molar-refractivity contribution in [2.24, 2.45) is 5.92 Å².